The predicted octanol–water partition coefficient (Wildman–Crippen LogP) is 6.36. The van der Waals surface area contributed by atoms with Crippen molar-refractivity contribution < 1.29 is 9.53 Å². The zero-order chi connectivity index (χ0) is 24.1. The number of amides is 1. The minimum atomic E-state index is -0.401. The molecule has 2 aliphatic rings. The molecule has 7 nitrogen and oxygen atoms in total. The number of nitrogens with one attached hydrogen (secondary N) is 1. The maximum absolute atomic E-state index is 12.3. The number of carbonyl (C=O) groups is 1. The monoisotopic (exact) mass is 469 g/mol. The summed E-state index contributed by atoms with van der Waals surface area (Å²) in [5.41, 5.74) is 13.5. The van der Waals surface area contributed by atoms with Crippen LogP contribution in [0.25, 0.3) is 33.4 Å². The number of nitrogens with two attached hydrogens (primary N) is 1. The Bertz CT molecular complexity index is 1390. The SMILES string of the molecule is C[C@@H](OC(=O)Nc1ccc(-c2c(N)c3ccc(-c4cn(C)cn4)cc3n2C2CCC2)cc1)C1CC1. The van der Waals surface area contributed by atoms with E-state index in [0.717, 1.165) is 64.8 Å². The Balaban J connectivity index is 1.33. The molecule has 2 saturated carbocycles. The lowest BCUT2D eigenvalue weighted by molar-refractivity contribution is 0.108. The molecule has 2 aromatic heterocycles. The number of benzene rings is 2. The van der Waals surface area contributed by atoms with Crippen molar-refractivity contribution in [2.24, 2.45) is 13.0 Å². The normalized spacial score (nSPS) is 16.7. The quantitative estimate of drug-likeness (QED) is 0.344. The summed E-state index contributed by atoms with van der Waals surface area (Å²) in [4.78, 5) is 16.8. The second kappa shape index (κ2) is 8.48. The Morgan fingerprint density at radius 1 is 1.11 bits per heavy atom. The molecule has 180 valence electrons. The van der Waals surface area contributed by atoms with Crippen LogP contribution in [-0.2, 0) is 11.8 Å². The lowest BCUT2D eigenvalue weighted by Gasteiger charge is -2.30. The fourth-order valence-corrected chi connectivity index (χ4v) is 5.07. The topological polar surface area (TPSA) is 87.1 Å². The van der Waals surface area contributed by atoms with Gasteiger partial charge in [0.2, 0.25) is 0 Å². The van der Waals surface area contributed by atoms with E-state index in [9.17, 15) is 4.79 Å². The highest BCUT2D eigenvalue weighted by molar-refractivity contribution is 6.02. The second-order valence-electron chi connectivity index (χ2n) is 10.0. The molecular weight excluding hydrogens is 438 g/mol. The van der Waals surface area contributed by atoms with Gasteiger partial charge in [-0.15, -0.1) is 0 Å². The number of rotatable bonds is 6. The van der Waals surface area contributed by atoms with Gasteiger partial charge in [0.1, 0.15) is 6.10 Å². The first-order valence-corrected chi connectivity index (χ1v) is 12.5. The lowest BCUT2D eigenvalue weighted by Crippen LogP contribution is -2.21. The molecule has 1 atom stereocenters. The Kier molecular flexibility index (Phi) is 5.28. The van der Waals surface area contributed by atoms with E-state index in [-0.39, 0.29) is 6.10 Å². The summed E-state index contributed by atoms with van der Waals surface area (Å²) < 4.78 is 9.87. The number of carbonyl (C=O) groups excluding carboxylic acids is 1. The van der Waals surface area contributed by atoms with Crippen molar-refractivity contribution in [2.45, 2.75) is 51.2 Å². The summed E-state index contributed by atoms with van der Waals surface area (Å²) in [6, 6.07) is 14.7. The van der Waals surface area contributed by atoms with Crippen molar-refractivity contribution in [1.82, 2.24) is 14.1 Å². The zero-order valence-electron chi connectivity index (χ0n) is 20.2. The van der Waals surface area contributed by atoms with Crippen LogP contribution in [0.5, 0.6) is 0 Å². The van der Waals surface area contributed by atoms with Crippen LogP contribution in [-0.4, -0.2) is 26.3 Å². The number of anilines is 2. The largest absolute Gasteiger partial charge is 0.446 e. The Morgan fingerprint density at radius 2 is 1.86 bits per heavy atom. The summed E-state index contributed by atoms with van der Waals surface area (Å²) in [5, 5.41) is 3.92. The molecular formula is C28H31N5O2. The van der Waals surface area contributed by atoms with Gasteiger partial charge in [-0.3, -0.25) is 5.32 Å². The van der Waals surface area contributed by atoms with Gasteiger partial charge in [-0.05, 0) is 63.1 Å². The van der Waals surface area contributed by atoms with Crippen LogP contribution in [0.3, 0.4) is 0 Å². The Labute approximate surface area is 204 Å². The van der Waals surface area contributed by atoms with Crippen LogP contribution in [0.2, 0.25) is 0 Å². The van der Waals surface area contributed by atoms with E-state index >= 15 is 0 Å². The summed E-state index contributed by atoms with van der Waals surface area (Å²) in [6.45, 7) is 1.96. The van der Waals surface area contributed by atoms with Crippen LogP contribution in [0, 0.1) is 5.92 Å². The highest BCUT2D eigenvalue weighted by atomic mass is 16.6. The predicted molar refractivity (Wildman–Crippen MR) is 139 cm³/mol. The standard InChI is InChI=1S/C28H31N5O2/c1-17(18-6-7-18)35-28(34)31-21-11-8-19(9-12-21)27-26(29)23-13-10-20(24-15-32(2)16-30-24)14-25(23)33(27)22-4-3-5-22/h8-18,22H,3-7,29H2,1-2H3,(H,31,34)/t17-/m1/s1. The van der Waals surface area contributed by atoms with Crippen molar-refractivity contribution in [3.05, 3.63) is 55.0 Å². The second-order valence-corrected chi connectivity index (χ2v) is 10.0. The van der Waals surface area contributed by atoms with Crippen LogP contribution in [0.4, 0.5) is 16.2 Å². The third-order valence-corrected chi connectivity index (χ3v) is 7.47. The molecule has 0 bridgehead atoms. The first kappa shape index (κ1) is 21.8. The van der Waals surface area contributed by atoms with Gasteiger partial charge in [0.25, 0.3) is 0 Å². The van der Waals surface area contributed by atoms with Crippen molar-refractivity contribution in [3.63, 3.8) is 0 Å². The van der Waals surface area contributed by atoms with Gasteiger partial charge in [0.05, 0.1) is 28.9 Å². The van der Waals surface area contributed by atoms with Crippen molar-refractivity contribution in [2.75, 3.05) is 11.1 Å². The fraction of sp³-hybridized carbons (Fsp3) is 0.357. The number of hydrogen-bond donors (Lipinski definition) is 2. The molecule has 2 fully saturated rings. The van der Waals surface area contributed by atoms with Gasteiger partial charge in [0, 0.05) is 41.5 Å². The van der Waals surface area contributed by atoms with E-state index < -0.39 is 6.09 Å². The van der Waals surface area contributed by atoms with E-state index in [4.69, 9.17) is 10.5 Å². The first-order chi connectivity index (χ1) is 17.0. The maximum Gasteiger partial charge on any atom is 0.411 e. The number of imidazole rings is 1. The molecule has 2 aromatic carbocycles. The van der Waals surface area contributed by atoms with E-state index in [1.165, 1.54) is 6.42 Å². The van der Waals surface area contributed by atoms with Crippen molar-refractivity contribution in [1.29, 1.82) is 0 Å². The smallest absolute Gasteiger partial charge is 0.411 e. The summed E-state index contributed by atoms with van der Waals surface area (Å²) in [5.74, 6) is 0.512. The molecule has 2 aliphatic carbocycles. The number of ether oxygens (including phenoxy) is 1. The summed E-state index contributed by atoms with van der Waals surface area (Å²) in [7, 11) is 1.98. The maximum atomic E-state index is 12.3. The molecule has 2 heterocycles. The number of nitrogens with zero attached hydrogens (tertiary/aromatic N) is 3. The lowest BCUT2D eigenvalue weighted by atomic mass is 9.92. The molecule has 0 aliphatic heterocycles. The molecule has 3 N–H and O–H groups in total. The number of hydrogen-bond acceptors (Lipinski definition) is 4. The zero-order valence-corrected chi connectivity index (χ0v) is 20.2. The third-order valence-electron chi connectivity index (χ3n) is 7.47. The molecule has 1 amide bonds. The Hall–Kier alpha value is -3.74. The van der Waals surface area contributed by atoms with Crippen molar-refractivity contribution >= 4 is 28.4 Å². The number of fused-ring (bicyclic) bond motifs is 1. The van der Waals surface area contributed by atoms with Crippen LogP contribution >= 0.6 is 0 Å². The van der Waals surface area contributed by atoms with E-state index in [2.05, 4.69) is 33.1 Å². The molecule has 0 unspecified atom stereocenters. The average molecular weight is 470 g/mol. The first-order valence-electron chi connectivity index (χ1n) is 12.5. The van der Waals surface area contributed by atoms with Gasteiger partial charge in [-0.2, -0.15) is 0 Å². The van der Waals surface area contributed by atoms with Gasteiger partial charge in [0.15, 0.2) is 0 Å². The average Bonchev–Trinajstić information content (AvgIpc) is 3.52. The number of aromatic nitrogens is 3. The molecule has 0 radical (unpaired) electrons. The minimum Gasteiger partial charge on any atom is -0.446 e. The fourth-order valence-electron chi connectivity index (χ4n) is 5.07. The third kappa shape index (κ3) is 4.05. The van der Waals surface area contributed by atoms with Gasteiger partial charge >= 0.3 is 6.09 Å². The molecule has 0 saturated heterocycles. The van der Waals surface area contributed by atoms with Crippen LogP contribution in [0.15, 0.2) is 55.0 Å². The van der Waals surface area contributed by atoms with Crippen molar-refractivity contribution in [3.8, 4) is 22.5 Å². The van der Waals surface area contributed by atoms with Crippen LogP contribution in [0.1, 0.15) is 45.1 Å². The molecule has 35 heavy (non-hydrogen) atoms. The highest BCUT2D eigenvalue weighted by Crippen LogP contribution is 2.45. The van der Waals surface area contributed by atoms with E-state index in [0.29, 0.717) is 17.6 Å². The van der Waals surface area contributed by atoms with E-state index in [1.807, 2.05) is 55.3 Å². The molecule has 6 rings (SSSR count). The summed E-state index contributed by atoms with van der Waals surface area (Å²) >= 11 is 0. The highest BCUT2D eigenvalue weighted by Gasteiger charge is 2.31. The van der Waals surface area contributed by atoms with Crippen LogP contribution < -0.4 is 11.1 Å². The molecule has 0 spiro atoms. The molecule has 7 heteroatoms. The van der Waals surface area contributed by atoms with Gasteiger partial charge in [-0.25, -0.2) is 9.78 Å². The molecule has 4 aromatic rings. The number of aryl methyl sites for hydroxylation is 1. The van der Waals surface area contributed by atoms with Gasteiger partial charge in [-0.1, -0.05) is 24.3 Å². The minimum absolute atomic E-state index is 0.0387. The Morgan fingerprint density at radius 3 is 2.49 bits per heavy atom. The van der Waals surface area contributed by atoms with Gasteiger partial charge < -0.3 is 19.6 Å². The van der Waals surface area contributed by atoms with E-state index in [1.54, 1.807) is 0 Å². The summed E-state index contributed by atoms with van der Waals surface area (Å²) in [6.07, 6.45) is 9.22. The number of nitrogen functional groups attached to an aromatic ring is 1.